The summed E-state index contributed by atoms with van der Waals surface area (Å²) in [5, 5.41) is 9.92. The summed E-state index contributed by atoms with van der Waals surface area (Å²) in [6, 6.07) is 9.70. The Morgan fingerprint density at radius 1 is 1.29 bits per heavy atom. The quantitative estimate of drug-likeness (QED) is 0.874. The fraction of sp³-hybridized carbons (Fsp3) is 0.588. The highest BCUT2D eigenvalue weighted by Gasteiger charge is 2.43. The molecule has 1 heterocycles. The van der Waals surface area contributed by atoms with Crippen LogP contribution in [0.1, 0.15) is 24.8 Å². The second-order valence-electron chi connectivity index (χ2n) is 6.44. The molecule has 2 fully saturated rings. The van der Waals surface area contributed by atoms with Gasteiger partial charge in [0.2, 0.25) is 5.91 Å². The van der Waals surface area contributed by atoms with Crippen molar-refractivity contribution in [2.75, 3.05) is 13.1 Å². The molecule has 3 N–H and O–H groups in total. The van der Waals surface area contributed by atoms with E-state index in [0.29, 0.717) is 18.9 Å². The van der Waals surface area contributed by atoms with E-state index in [0.717, 1.165) is 25.8 Å². The minimum absolute atomic E-state index is 0.0486. The van der Waals surface area contributed by atoms with Gasteiger partial charge < -0.3 is 15.7 Å². The van der Waals surface area contributed by atoms with Crippen molar-refractivity contribution in [3.63, 3.8) is 0 Å². The van der Waals surface area contributed by atoms with Crippen LogP contribution in [0.4, 0.5) is 0 Å². The second-order valence-corrected chi connectivity index (χ2v) is 6.44. The van der Waals surface area contributed by atoms with Crippen LogP contribution >= 0.6 is 0 Å². The van der Waals surface area contributed by atoms with Gasteiger partial charge in [0, 0.05) is 19.0 Å². The zero-order chi connectivity index (χ0) is 14.8. The third-order valence-corrected chi connectivity index (χ3v) is 5.03. The molecule has 114 valence electrons. The third kappa shape index (κ3) is 3.11. The highest BCUT2D eigenvalue weighted by atomic mass is 16.3. The smallest absolute Gasteiger partial charge is 0.239 e. The monoisotopic (exact) mass is 288 g/mol. The van der Waals surface area contributed by atoms with Gasteiger partial charge in [-0.15, -0.1) is 0 Å². The van der Waals surface area contributed by atoms with Crippen LogP contribution < -0.4 is 5.73 Å². The number of carbonyl (C=O) groups is 1. The molecule has 1 saturated heterocycles. The number of benzene rings is 1. The first kappa shape index (κ1) is 14.5. The number of carbonyl (C=O) groups excluding carboxylic acids is 1. The molecule has 3 unspecified atom stereocenters. The second kappa shape index (κ2) is 6.16. The summed E-state index contributed by atoms with van der Waals surface area (Å²) in [5.41, 5.74) is 7.29. The molecule has 0 radical (unpaired) electrons. The molecule has 0 aromatic heterocycles. The van der Waals surface area contributed by atoms with Crippen LogP contribution in [0.25, 0.3) is 0 Å². The van der Waals surface area contributed by atoms with E-state index in [4.69, 9.17) is 5.73 Å². The number of likely N-dealkylation sites (tertiary alicyclic amines) is 1. The van der Waals surface area contributed by atoms with E-state index >= 15 is 0 Å². The lowest BCUT2D eigenvalue weighted by Crippen LogP contribution is -2.43. The predicted octanol–water partition coefficient (Wildman–Crippen LogP) is 1.18. The van der Waals surface area contributed by atoms with Crippen molar-refractivity contribution < 1.29 is 9.90 Å². The van der Waals surface area contributed by atoms with Gasteiger partial charge in [-0.25, -0.2) is 0 Å². The maximum Gasteiger partial charge on any atom is 0.239 e. The van der Waals surface area contributed by atoms with E-state index in [2.05, 4.69) is 12.1 Å². The maximum atomic E-state index is 12.4. The number of fused-ring (bicyclic) bond motifs is 1. The first-order chi connectivity index (χ1) is 10.1. The standard InChI is InChI=1S/C17H24N2O2/c18-15(8-6-12-4-2-1-3-5-12)17(21)19-10-13-7-9-16(20)14(13)11-19/h1-5,13-16,20H,6-11,18H2/t13?,14?,15-,16?/m0/s1. The van der Waals surface area contributed by atoms with Gasteiger partial charge in [0.1, 0.15) is 0 Å². The van der Waals surface area contributed by atoms with E-state index in [1.807, 2.05) is 23.1 Å². The van der Waals surface area contributed by atoms with Crippen molar-refractivity contribution in [1.29, 1.82) is 0 Å². The summed E-state index contributed by atoms with van der Waals surface area (Å²) in [5.74, 6) is 0.799. The van der Waals surface area contributed by atoms with Gasteiger partial charge in [0.25, 0.3) is 0 Å². The molecular weight excluding hydrogens is 264 g/mol. The van der Waals surface area contributed by atoms with Gasteiger partial charge in [-0.3, -0.25) is 4.79 Å². The summed E-state index contributed by atoms with van der Waals surface area (Å²) in [6.07, 6.45) is 3.20. The van der Waals surface area contributed by atoms with Crippen LogP contribution in [-0.2, 0) is 11.2 Å². The third-order valence-electron chi connectivity index (χ3n) is 5.03. The fourth-order valence-electron chi connectivity index (χ4n) is 3.74. The van der Waals surface area contributed by atoms with Crippen molar-refractivity contribution in [1.82, 2.24) is 4.90 Å². The minimum Gasteiger partial charge on any atom is -0.393 e. The van der Waals surface area contributed by atoms with Crippen LogP contribution in [-0.4, -0.2) is 41.1 Å². The van der Waals surface area contributed by atoms with E-state index < -0.39 is 6.04 Å². The number of aryl methyl sites for hydroxylation is 1. The Hall–Kier alpha value is -1.39. The summed E-state index contributed by atoms with van der Waals surface area (Å²) >= 11 is 0. The van der Waals surface area contributed by atoms with Crippen LogP contribution in [0, 0.1) is 11.8 Å². The molecule has 4 nitrogen and oxygen atoms in total. The van der Waals surface area contributed by atoms with E-state index in [9.17, 15) is 9.90 Å². The zero-order valence-electron chi connectivity index (χ0n) is 12.3. The topological polar surface area (TPSA) is 66.6 Å². The number of rotatable bonds is 4. The highest BCUT2D eigenvalue weighted by Crippen LogP contribution is 2.38. The van der Waals surface area contributed by atoms with Crippen LogP contribution in [0.15, 0.2) is 30.3 Å². The van der Waals surface area contributed by atoms with Gasteiger partial charge >= 0.3 is 0 Å². The van der Waals surface area contributed by atoms with Gasteiger partial charge in [-0.05, 0) is 37.2 Å². The molecule has 1 aromatic rings. The lowest BCUT2D eigenvalue weighted by atomic mass is 10.00. The number of aliphatic hydroxyl groups excluding tert-OH is 1. The first-order valence-corrected chi connectivity index (χ1v) is 7.91. The Labute approximate surface area is 125 Å². The lowest BCUT2D eigenvalue weighted by molar-refractivity contribution is -0.132. The van der Waals surface area contributed by atoms with Crippen molar-refractivity contribution in [3.8, 4) is 0 Å². The summed E-state index contributed by atoms with van der Waals surface area (Å²) in [7, 11) is 0. The van der Waals surface area contributed by atoms with Crippen molar-refractivity contribution in [2.45, 2.75) is 37.8 Å². The minimum atomic E-state index is -0.429. The number of nitrogens with two attached hydrogens (primary N) is 1. The van der Waals surface area contributed by atoms with Crippen molar-refractivity contribution >= 4 is 5.91 Å². The SMILES string of the molecule is N[C@@H](CCc1ccccc1)C(=O)N1CC2CCC(O)C2C1. The molecule has 3 rings (SSSR count). The maximum absolute atomic E-state index is 12.4. The molecule has 1 aromatic carbocycles. The summed E-state index contributed by atoms with van der Waals surface area (Å²) in [6.45, 7) is 1.46. The molecule has 4 heteroatoms. The van der Waals surface area contributed by atoms with Gasteiger partial charge in [-0.1, -0.05) is 30.3 Å². The largest absolute Gasteiger partial charge is 0.393 e. The summed E-state index contributed by atoms with van der Waals surface area (Å²) < 4.78 is 0. The molecule has 1 aliphatic heterocycles. The van der Waals surface area contributed by atoms with Crippen LogP contribution in [0.5, 0.6) is 0 Å². The van der Waals surface area contributed by atoms with Gasteiger partial charge in [0.05, 0.1) is 12.1 Å². The molecule has 4 atom stereocenters. The average Bonchev–Trinajstić information content (AvgIpc) is 3.07. The van der Waals surface area contributed by atoms with Crippen molar-refractivity contribution in [2.24, 2.45) is 17.6 Å². The van der Waals surface area contributed by atoms with Gasteiger partial charge in [-0.2, -0.15) is 0 Å². The van der Waals surface area contributed by atoms with Gasteiger partial charge in [0.15, 0.2) is 0 Å². The molecule has 21 heavy (non-hydrogen) atoms. The molecular formula is C17H24N2O2. The van der Waals surface area contributed by atoms with Crippen LogP contribution in [0.3, 0.4) is 0 Å². The Balaban J connectivity index is 1.51. The van der Waals surface area contributed by atoms with E-state index in [-0.39, 0.29) is 17.9 Å². The fourth-order valence-corrected chi connectivity index (χ4v) is 3.74. The number of amides is 1. The van der Waals surface area contributed by atoms with Crippen LogP contribution in [0.2, 0.25) is 0 Å². The normalized spacial score (nSPS) is 29.4. The molecule has 1 amide bonds. The molecule has 1 saturated carbocycles. The average molecular weight is 288 g/mol. The summed E-state index contributed by atoms with van der Waals surface area (Å²) in [4.78, 5) is 14.3. The predicted molar refractivity (Wildman–Crippen MR) is 81.5 cm³/mol. The molecule has 0 spiro atoms. The van der Waals surface area contributed by atoms with E-state index in [1.54, 1.807) is 0 Å². The highest BCUT2D eigenvalue weighted by molar-refractivity contribution is 5.82. The molecule has 1 aliphatic carbocycles. The number of hydrogen-bond acceptors (Lipinski definition) is 3. The lowest BCUT2D eigenvalue weighted by Gasteiger charge is -2.22. The Bertz CT molecular complexity index is 491. The van der Waals surface area contributed by atoms with Crippen molar-refractivity contribution in [3.05, 3.63) is 35.9 Å². The number of nitrogens with zero attached hydrogens (tertiary/aromatic N) is 1. The molecule has 2 aliphatic rings. The number of aliphatic hydroxyl groups is 1. The Morgan fingerprint density at radius 2 is 2.05 bits per heavy atom. The number of hydrogen-bond donors (Lipinski definition) is 2. The van der Waals surface area contributed by atoms with E-state index in [1.165, 1.54) is 5.56 Å². The first-order valence-electron chi connectivity index (χ1n) is 7.91. The Kier molecular flexibility index (Phi) is 4.27. The Morgan fingerprint density at radius 3 is 2.76 bits per heavy atom. The molecule has 0 bridgehead atoms. The zero-order valence-corrected chi connectivity index (χ0v) is 12.3.